The van der Waals surface area contributed by atoms with E-state index in [1.54, 1.807) is 0 Å². The third-order valence-corrected chi connectivity index (χ3v) is 12.1. The lowest BCUT2D eigenvalue weighted by atomic mass is 10.0. The topological polar surface area (TPSA) is 134 Å². The SMILES string of the molecule is CCCCCCCCCCCCCCCCN(CCO)CCCN(CCO)CCO.CCCCCCCCCCCCCCCCN(CCO)CCCN(CCO)CCO.F.F. The van der Waals surface area contributed by atoms with E-state index in [9.17, 15) is 10.2 Å². The molecule has 0 amide bonds. The molecule has 0 aromatic rings. The summed E-state index contributed by atoms with van der Waals surface area (Å²) in [5.74, 6) is 0. The molecule has 0 aliphatic rings. The molecular weight excluding hydrogens is 791 g/mol. The van der Waals surface area contributed by atoms with Crippen LogP contribution in [-0.2, 0) is 0 Å². The highest BCUT2D eigenvalue weighted by molar-refractivity contribution is 4.64. The molecule has 0 fully saturated rings. The highest BCUT2D eigenvalue weighted by Crippen LogP contribution is 2.15. The van der Waals surface area contributed by atoms with Gasteiger partial charge in [0.1, 0.15) is 0 Å². The fourth-order valence-corrected chi connectivity index (χ4v) is 8.29. The van der Waals surface area contributed by atoms with E-state index >= 15 is 0 Å². The predicted octanol–water partition coefficient (Wildman–Crippen LogP) is 9.18. The monoisotopic (exact) mass is 901 g/mol. The van der Waals surface area contributed by atoms with Crippen molar-refractivity contribution in [2.75, 3.05) is 118 Å². The Balaban J connectivity index is -0.000000526. The van der Waals surface area contributed by atoms with E-state index in [1.165, 1.54) is 180 Å². The van der Waals surface area contributed by atoms with Crippen LogP contribution in [0.2, 0.25) is 0 Å². The lowest BCUT2D eigenvalue weighted by Crippen LogP contribution is -2.35. The number of hydrogen-bond donors (Lipinski definition) is 6. The maximum atomic E-state index is 9.31. The molecule has 0 spiro atoms. The van der Waals surface area contributed by atoms with Crippen LogP contribution in [0.5, 0.6) is 0 Å². The van der Waals surface area contributed by atoms with Crippen LogP contribution in [0.1, 0.15) is 206 Å². The Morgan fingerprint density at radius 2 is 0.339 bits per heavy atom. The molecular formula is C50H110F2N4O6. The summed E-state index contributed by atoms with van der Waals surface area (Å²) in [5, 5.41) is 55.0. The van der Waals surface area contributed by atoms with Gasteiger partial charge in [0.05, 0.1) is 39.6 Å². The standard InChI is InChI=1S/2C25H54N2O3.2FH/c2*1-2-3-4-5-6-7-8-9-10-11-12-13-14-15-17-26(20-23-28)18-16-19-27(21-24-29)22-25-30;;/h2*28-30H,2-25H2,1H3;2*1H. The fraction of sp³-hybridized carbons (Fsp3) is 1.00. The third kappa shape index (κ3) is 53.8. The number of unbranched alkanes of at least 4 members (excludes halogenated alkanes) is 26. The number of halogens is 2. The molecule has 0 heterocycles. The van der Waals surface area contributed by atoms with Gasteiger partial charge in [0.15, 0.2) is 0 Å². The van der Waals surface area contributed by atoms with Crippen molar-refractivity contribution in [1.29, 1.82) is 0 Å². The average Bonchev–Trinajstić information content (AvgIpc) is 3.24. The molecule has 0 aliphatic carbocycles. The molecule has 0 rings (SSSR count). The van der Waals surface area contributed by atoms with Crippen LogP contribution in [-0.4, -0.2) is 168 Å². The number of rotatable bonds is 50. The van der Waals surface area contributed by atoms with Gasteiger partial charge >= 0.3 is 0 Å². The largest absolute Gasteiger partial charge is 0.395 e. The van der Waals surface area contributed by atoms with Crippen LogP contribution in [0.15, 0.2) is 0 Å². The van der Waals surface area contributed by atoms with E-state index in [4.69, 9.17) is 20.4 Å². The summed E-state index contributed by atoms with van der Waals surface area (Å²) >= 11 is 0. The number of aliphatic hydroxyl groups is 6. The van der Waals surface area contributed by atoms with E-state index in [0.29, 0.717) is 26.2 Å². The van der Waals surface area contributed by atoms with Gasteiger partial charge in [-0.1, -0.05) is 181 Å². The second-order valence-corrected chi connectivity index (χ2v) is 17.6. The molecule has 380 valence electrons. The zero-order valence-corrected chi connectivity index (χ0v) is 41.2. The van der Waals surface area contributed by atoms with E-state index in [2.05, 4.69) is 33.4 Å². The first-order valence-corrected chi connectivity index (χ1v) is 26.1. The first kappa shape index (κ1) is 68.0. The number of hydrogen-bond acceptors (Lipinski definition) is 10. The molecule has 0 radical (unpaired) electrons. The maximum absolute atomic E-state index is 9.31. The molecule has 0 bridgehead atoms. The summed E-state index contributed by atoms with van der Waals surface area (Å²) in [5.41, 5.74) is 0. The highest BCUT2D eigenvalue weighted by atomic mass is 19.0. The minimum atomic E-state index is 0. The zero-order valence-electron chi connectivity index (χ0n) is 41.2. The van der Waals surface area contributed by atoms with Gasteiger partial charge in [-0.05, 0) is 65.0 Å². The van der Waals surface area contributed by atoms with E-state index in [0.717, 1.165) is 65.2 Å². The summed E-state index contributed by atoms with van der Waals surface area (Å²) in [6, 6.07) is 0. The molecule has 0 aromatic heterocycles. The van der Waals surface area contributed by atoms with Crippen molar-refractivity contribution in [3.05, 3.63) is 0 Å². The van der Waals surface area contributed by atoms with Crippen LogP contribution < -0.4 is 0 Å². The van der Waals surface area contributed by atoms with Gasteiger partial charge in [0, 0.05) is 39.3 Å². The minimum absolute atomic E-state index is 0. The van der Waals surface area contributed by atoms with Crippen LogP contribution in [0.4, 0.5) is 9.41 Å². The van der Waals surface area contributed by atoms with E-state index in [-0.39, 0.29) is 49.1 Å². The fourth-order valence-electron chi connectivity index (χ4n) is 8.29. The maximum Gasteiger partial charge on any atom is 0.0558 e. The van der Waals surface area contributed by atoms with Crippen molar-refractivity contribution in [2.45, 2.75) is 206 Å². The van der Waals surface area contributed by atoms with E-state index in [1.807, 2.05) is 0 Å². The number of aliphatic hydroxyl groups excluding tert-OH is 6. The quantitative estimate of drug-likeness (QED) is 0.0329. The Hall–Kier alpha value is -0.540. The first-order valence-electron chi connectivity index (χ1n) is 26.1. The zero-order chi connectivity index (χ0) is 44.3. The molecule has 0 saturated carbocycles. The Morgan fingerprint density at radius 3 is 0.516 bits per heavy atom. The van der Waals surface area contributed by atoms with E-state index < -0.39 is 0 Å². The normalized spacial score (nSPS) is 11.4. The second-order valence-electron chi connectivity index (χ2n) is 17.6. The predicted molar refractivity (Wildman–Crippen MR) is 263 cm³/mol. The Labute approximate surface area is 383 Å². The second kappa shape index (κ2) is 60.5. The summed E-state index contributed by atoms with van der Waals surface area (Å²) in [7, 11) is 0. The molecule has 6 N–H and O–H groups in total. The van der Waals surface area contributed by atoms with Gasteiger partial charge in [0.2, 0.25) is 0 Å². The van der Waals surface area contributed by atoms with Gasteiger partial charge in [0.25, 0.3) is 0 Å². The van der Waals surface area contributed by atoms with Crippen molar-refractivity contribution in [1.82, 2.24) is 19.6 Å². The summed E-state index contributed by atoms with van der Waals surface area (Å²) in [4.78, 5) is 8.92. The lowest BCUT2D eigenvalue weighted by molar-refractivity contribution is 0.147. The van der Waals surface area contributed by atoms with Gasteiger partial charge < -0.3 is 40.4 Å². The van der Waals surface area contributed by atoms with Crippen LogP contribution in [0.25, 0.3) is 0 Å². The van der Waals surface area contributed by atoms with Gasteiger partial charge in [-0.2, -0.15) is 0 Å². The van der Waals surface area contributed by atoms with Crippen molar-refractivity contribution >= 4 is 0 Å². The van der Waals surface area contributed by atoms with Crippen LogP contribution in [0, 0.1) is 0 Å². The molecule has 10 nitrogen and oxygen atoms in total. The molecule has 0 atom stereocenters. The average molecular weight is 901 g/mol. The molecule has 0 aromatic carbocycles. The minimum Gasteiger partial charge on any atom is -0.395 e. The Morgan fingerprint density at radius 1 is 0.194 bits per heavy atom. The van der Waals surface area contributed by atoms with Crippen molar-refractivity contribution < 1.29 is 40.0 Å². The molecule has 0 unspecified atom stereocenters. The van der Waals surface area contributed by atoms with Crippen molar-refractivity contribution in [2.24, 2.45) is 0 Å². The Kier molecular flexibility index (Phi) is 66.4. The molecule has 12 heteroatoms. The first-order chi connectivity index (χ1) is 29.6. The number of nitrogens with zero attached hydrogens (tertiary/aromatic N) is 4. The third-order valence-electron chi connectivity index (χ3n) is 12.1. The van der Waals surface area contributed by atoms with Crippen molar-refractivity contribution in [3.63, 3.8) is 0 Å². The van der Waals surface area contributed by atoms with Crippen LogP contribution in [0.3, 0.4) is 0 Å². The molecule has 0 aliphatic heterocycles. The lowest BCUT2D eigenvalue weighted by Gasteiger charge is -2.24. The van der Waals surface area contributed by atoms with Gasteiger partial charge in [-0.25, -0.2) is 0 Å². The smallest absolute Gasteiger partial charge is 0.0558 e. The molecule has 62 heavy (non-hydrogen) atoms. The van der Waals surface area contributed by atoms with Gasteiger partial charge in [-0.15, -0.1) is 0 Å². The summed E-state index contributed by atoms with van der Waals surface area (Å²) < 4.78 is 0. The highest BCUT2D eigenvalue weighted by Gasteiger charge is 2.09. The Bertz CT molecular complexity index is 698. The summed E-state index contributed by atoms with van der Waals surface area (Å²) in [6.45, 7) is 15.4. The molecule has 0 saturated heterocycles. The summed E-state index contributed by atoms with van der Waals surface area (Å²) in [6.07, 6.45) is 40.7. The van der Waals surface area contributed by atoms with Crippen molar-refractivity contribution in [3.8, 4) is 0 Å². The van der Waals surface area contributed by atoms with Crippen LogP contribution >= 0.6 is 0 Å². The van der Waals surface area contributed by atoms with Gasteiger partial charge in [-0.3, -0.25) is 19.2 Å².